The summed E-state index contributed by atoms with van der Waals surface area (Å²) in [5, 5.41) is 9.34. The van der Waals surface area contributed by atoms with Crippen molar-refractivity contribution in [3.63, 3.8) is 0 Å². The number of piperidine rings is 1. The van der Waals surface area contributed by atoms with Gasteiger partial charge in [-0.2, -0.15) is 0 Å². The van der Waals surface area contributed by atoms with Gasteiger partial charge in [-0.15, -0.1) is 0 Å². The first-order valence-corrected chi connectivity index (χ1v) is 5.73. The molecule has 1 aromatic heterocycles. The first-order chi connectivity index (χ1) is 7.33. The van der Waals surface area contributed by atoms with Crippen molar-refractivity contribution in [2.24, 2.45) is 0 Å². The third-order valence-corrected chi connectivity index (χ3v) is 3.34. The van der Waals surface area contributed by atoms with Crippen LogP contribution < -0.4 is 0 Å². The number of furan rings is 1. The lowest BCUT2D eigenvalue weighted by atomic mass is 10.00. The van der Waals surface area contributed by atoms with Crippen LogP contribution in [-0.4, -0.2) is 29.2 Å². The van der Waals surface area contributed by atoms with Crippen LogP contribution in [0.2, 0.25) is 0 Å². The van der Waals surface area contributed by atoms with E-state index in [2.05, 4.69) is 11.8 Å². The molecule has 3 nitrogen and oxygen atoms in total. The summed E-state index contributed by atoms with van der Waals surface area (Å²) in [6, 6.07) is 4.51. The van der Waals surface area contributed by atoms with E-state index in [1.165, 1.54) is 12.8 Å². The smallest absolute Gasteiger partial charge is 0.120 e. The van der Waals surface area contributed by atoms with E-state index in [1.807, 2.05) is 12.1 Å². The van der Waals surface area contributed by atoms with Crippen LogP contribution in [0.5, 0.6) is 0 Å². The van der Waals surface area contributed by atoms with E-state index in [9.17, 15) is 5.11 Å². The predicted octanol–water partition coefficient (Wildman–Crippen LogP) is 2.19. The lowest BCUT2D eigenvalue weighted by Gasteiger charge is -2.38. The lowest BCUT2D eigenvalue weighted by molar-refractivity contribution is 0.0511. The summed E-state index contributed by atoms with van der Waals surface area (Å²) in [4.78, 5) is 2.35. The van der Waals surface area contributed by atoms with Crippen LogP contribution >= 0.6 is 0 Å². The molecule has 2 rings (SSSR count). The molecule has 0 spiro atoms. The number of nitrogens with zero attached hydrogens (tertiary/aromatic N) is 1. The van der Waals surface area contributed by atoms with Crippen molar-refractivity contribution < 1.29 is 9.52 Å². The molecule has 1 fully saturated rings. The standard InChI is InChI=1S/C12H19NO2/c1-10(12-6-4-8-15-12)13-7-3-2-5-11(13)9-14/h4,6,8,10-11,14H,2-3,5,7,9H2,1H3/t10-,11-/m1/s1. The van der Waals surface area contributed by atoms with Crippen LogP contribution in [0.25, 0.3) is 0 Å². The molecule has 0 aromatic carbocycles. The normalized spacial score (nSPS) is 25.3. The Balaban J connectivity index is 2.07. The quantitative estimate of drug-likeness (QED) is 0.829. The zero-order chi connectivity index (χ0) is 10.7. The molecule has 2 heterocycles. The van der Waals surface area contributed by atoms with Crippen LogP contribution in [0.3, 0.4) is 0 Å². The molecule has 0 unspecified atom stereocenters. The number of aliphatic hydroxyl groups is 1. The van der Waals surface area contributed by atoms with Gasteiger partial charge in [0, 0.05) is 6.04 Å². The maximum absolute atomic E-state index is 9.34. The highest BCUT2D eigenvalue weighted by Crippen LogP contribution is 2.28. The Bertz CT molecular complexity index is 284. The van der Waals surface area contributed by atoms with Gasteiger partial charge in [0.25, 0.3) is 0 Å². The Hall–Kier alpha value is -0.800. The predicted molar refractivity (Wildman–Crippen MR) is 58.6 cm³/mol. The molecule has 2 atom stereocenters. The second-order valence-corrected chi connectivity index (χ2v) is 4.26. The average molecular weight is 209 g/mol. The third kappa shape index (κ3) is 2.24. The van der Waals surface area contributed by atoms with Crippen molar-refractivity contribution in [1.29, 1.82) is 0 Å². The van der Waals surface area contributed by atoms with Gasteiger partial charge in [0.15, 0.2) is 0 Å². The van der Waals surface area contributed by atoms with Crippen molar-refractivity contribution in [3.05, 3.63) is 24.2 Å². The Kier molecular flexibility index (Phi) is 3.44. The van der Waals surface area contributed by atoms with Gasteiger partial charge in [-0.05, 0) is 38.4 Å². The number of aliphatic hydroxyl groups excluding tert-OH is 1. The lowest BCUT2D eigenvalue weighted by Crippen LogP contribution is -2.43. The van der Waals surface area contributed by atoms with Crippen LogP contribution in [0.4, 0.5) is 0 Å². The molecular weight excluding hydrogens is 190 g/mol. The van der Waals surface area contributed by atoms with Crippen molar-refractivity contribution >= 4 is 0 Å². The minimum atomic E-state index is 0.255. The molecule has 0 bridgehead atoms. The first kappa shape index (κ1) is 10.7. The Morgan fingerprint density at radius 3 is 3.13 bits per heavy atom. The molecule has 1 saturated heterocycles. The molecule has 84 valence electrons. The van der Waals surface area contributed by atoms with Crippen LogP contribution in [0.1, 0.15) is 38.0 Å². The third-order valence-electron chi connectivity index (χ3n) is 3.34. The number of rotatable bonds is 3. The van der Waals surface area contributed by atoms with Crippen molar-refractivity contribution in [1.82, 2.24) is 4.90 Å². The van der Waals surface area contributed by atoms with E-state index in [4.69, 9.17) is 4.42 Å². The molecule has 3 heteroatoms. The second-order valence-electron chi connectivity index (χ2n) is 4.26. The second kappa shape index (κ2) is 4.81. The molecule has 1 aromatic rings. The molecule has 15 heavy (non-hydrogen) atoms. The average Bonchev–Trinajstić information content (AvgIpc) is 2.81. The van der Waals surface area contributed by atoms with E-state index in [0.29, 0.717) is 6.04 Å². The van der Waals surface area contributed by atoms with Gasteiger partial charge < -0.3 is 9.52 Å². The van der Waals surface area contributed by atoms with E-state index in [0.717, 1.165) is 18.7 Å². The van der Waals surface area contributed by atoms with E-state index in [-0.39, 0.29) is 12.6 Å². The molecule has 1 aliphatic heterocycles. The van der Waals surface area contributed by atoms with Gasteiger partial charge in [0.2, 0.25) is 0 Å². The molecule has 1 N–H and O–H groups in total. The molecule has 0 amide bonds. The zero-order valence-corrected chi connectivity index (χ0v) is 9.22. The fraction of sp³-hybridized carbons (Fsp3) is 0.667. The van der Waals surface area contributed by atoms with E-state index >= 15 is 0 Å². The van der Waals surface area contributed by atoms with Gasteiger partial charge in [-0.1, -0.05) is 6.42 Å². The fourth-order valence-corrected chi connectivity index (χ4v) is 2.42. The highest BCUT2D eigenvalue weighted by Gasteiger charge is 2.27. The van der Waals surface area contributed by atoms with Gasteiger partial charge in [-0.25, -0.2) is 0 Å². The fourth-order valence-electron chi connectivity index (χ4n) is 2.42. The molecule has 1 aliphatic rings. The minimum Gasteiger partial charge on any atom is -0.468 e. The molecule has 0 radical (unpaired) electrons. The van der Waals surface area contributed by atoms with Crippen molar-refractivity contribution in [3.8, 4) is 0 Å². The summed E-state index contributed by atoms with van der Waals surface area (Å²) < 4.78 is 5.42. The summed E-state index contributed by atoms with van der Waals surface area (Å²) >= 11 is 0. The van der Waals surface area contributed by atoms with Crippen LogP contribution in [-0.2, 0) is 0 Å². The molecule has 0 saturated carbocycles. The Morgan fingerprint density at radius 2 is 2.47 bits per heavy atom. The molecular formula is C12H19NO2. The summed E-state index contributed by atoms with van der Waals surface area (Å²) in [5.41, 5.74) is 0. The van der Waals surface area contributed by atoms with Crippen LogP contribution in [0, 0.1) is 0 Å². The maximum Gasteiger partial charge on any atom is 0.120 e. The van der Waals surface area contributed by atoms with Crippen molar-refractivity contribution in [2.75, 3.05) is 13.2 Å². The van der Waals surface area contributed by atoms with Crippen molar-refractivity contribution in [2.45, 2.75) is 38.3 Å². The van der Waals surface area contributed by atoms with E-state index in [1.54, 1.807) is 6.26 Å². The Morgan fingerprint density at radius 1 is 1.60 bits per heavy atom. The highest BCUT2D eigenvalue weighted by molar-refractivity contribution is 5.04. The van der Waals surface area contributed by atoms with Gasteiger partial charge >= 0.3 is 0 Å². The Labute approximate surface area is 90.7 Å². The number of hydrogen-bond acceptors (Lipinski definition) is 3. The number of likely N-dealkylation sites (tertiary alicyclic amines) is 1. The zero-order valence-electron chi connectivity index (χ0n) is 9.22. The number of hydrogen-bond donors (Lipinski definition) is 1. The van der Waals surface area contributed by atoms with Gasteiger partial charge in [0.05, 0.1) is 18.9 Å². The first-order valence-electron chi connectivity index (χ1n) is 5.73. The van der Waals surface area contributed by atoms with E-state index < -0.39 is 0 Å². The summed E-state index contributed by atoms with van der Waals surface area (Å²) in [6.45, 7) is 3.46. The van der Waals surface area contributed by atoms with Gasteiger partial charge in [0.1, 0.15) is 5.76 Å². The monoisotopic (exact) mass is 209 g/mol. The van der Waals surface area contributed by atoms with Gasteiger partial charge in [-0.3, -0.25) is 4.90 Å². The topological polar surface area (TPSA) is 36.6 Å². The summed E-state index contributed by atoms with van der Waals surface area (Å²) in [6.07, 6.45) is 5.26. The summed E-state index contributed by atoms with van der Waals surface area (Å²) in [7, 11) is 0. The SMILES string of the molecule is C[C@H](c1ccco1)N1CCCC[C@@H]1CO. The maximum atomic E-state index is 9.34. The largest absolute Gasteiger partial charge is 0.468 e. The highest BCUT2D eigenvalue weighted by atomic mass is 16.3. The summed E-state index contributed by atoms with van der Waals surface area (Å²) in [5.74, 6) is 0.996. The molecule has 0 aliphatic carbocycles. The minimum absolute atomic E-state index is 0.255. The van der Waals surface area contributed by atoms with Crippen LogP contribution in [0.15, 0.2) is 22.8 Å².